The third-order valence-corrected chi connectivity index (χ3v) is 11.1. The molecule has 8 aromatic carbocycles. The molecule has 11 aromatic rings. The van der Waals surface area contributed by atoms with Crippen molar-refractivity contribution in [3.8, 4) is 28.2 Å². The molecule has 0 N–H and O–H groups in total. The largest absolute Gasteiger partial charge is 0.309 e. The highest BCUT2D eigenvalue weighted by Crippen LogP contribution is 2.39. The van der Waals surface area contributed by atoms with Gasteiger partial charge in [0.1, 0.15) is 0 Å². The van der Waals surface area contributed by atoms with E-state index in [0.717, 1.165) is 17.1 Å². The maximum Gasteiger partial charge on any atom is 0.0541 e. The second-order valence-corrected chi connectivity index (χ2v) is 14.4. The van der Waals surface area contributed by atoms with Crippen molar-refractivity contribution in [1.82, 2.24) is 13.7 Å². The number of hydrogen-bond acceptors (Lipinski definition) is 0. The Morgan fingerprint density at radius 3 is 1.06 bits per heavy atom. The van der Waals surface area contributed by atoms with Crippen LogP contribution >= 0.6 is 0 Å². The molecule has 250 valence electrons. The molecule has 0 amide bonds. The fraction of sp³-hybridized carbons (Fsp3) is 0.0400. The molecule has 3 heteroatoms. The molecule has 0 bridgehead atoms. The van der Waals surface area contributed by atoms with Crippen molar-refractivity contribution in [2.24, 2.45) is 0 Å². The Hall–Kier alpha value is -6.84. The van der Waals surface area contributed by atoms with Crippen LogP contribution in [-0.2, 0) is 0 Å². The lowest BCUT2D eigenvalue weighted by molar-refractivity contribution is 1.13. The lowest BCUT2D eigenvalue weighted by atomic mass is 10.0. The van der Waals surface area contributed by atoms with E-state index in [2.05, 4.69) is 203 Å². The van der Waals surface area contributed by atoms with Crippen LogP contribution in [0.25, 0.3) is 93.6 Å². The van der Waals surface area contributed by atoms with Crippen LogP contribution < -0.4 is 0 Å². The summed E-state index contributed by atoms with van der Waals surface area (Å²) in [7, 11) is 0. The van der Waals surface area contributed by atoms with E-state index < -0.39 is 0 Å². The molecule has 0 fully saturated rings. The molecule has 0 radical (unpaired) electrons. The fourth-order valence-corrected chi connectivity index (χ4v) is 8.75. The topological polar surface area (TPSA) is 14.8 Å². The minimum atomic E-state index is 1.14. The molecule has 53 heavy (non-hydrogen) atoms. The van der Waals surface area contributed by atoms with Gasteiger partial charge in [-0.25, -0.2) is 0 Å². The highest BCUT2D eigenvalue weighted by atomic mass is 15.0. The van der Waals surface area contributed by atoms with Crippen LogP contribution in [0.1, 0.15) is 11.1 Å². The molecule has 0 saturated carbocycles. The first-order chi connectivity index (χ1) is 26.1. The maximum absolute atomic E-state index is 2.45. The summed E-state index contributed by atoms with van der Waals surface area (Å²) in [6, 6.07) is 64.9. The minimum Gasteiger partial charge on any atom is -0.309 e. The van der Waals surface area contributed by atoms with Gasteiger partial charge in [-0.15, -0.1) is 0 Å². The van der Waals surface area contributed by atoms with E-state index in [4.69, 9.17) is 0 Å². The fourth-order valence-electron chi connectivity index (χ4n) is 8.75. The molecule has 0 aliphatic rings. The number of para-hydroxylation sites is 4. The summed E-state index contributed by atoms with van der Waals surface area (Å²) in [5.74, 6) is 0. The highest BCUT2D eigenvalue weighted by Gasteiger charge is 2.18. The number of aromatic nitrogens is 3. The molecule has 11 rings (SSSR count). The second kappa shape index (κ2) is 11.3. The first-order valence-corrected chi connectivity index (χ1v) is 18.4. The van der Waals surface area contributed by atoms with Gasteiger partial charge in [-0.05, 0) is 104 Å². The highest BCUT2D eigenvalue weighted by molar-refractivity contribution is 6.11. The number of hydrogen-bond donors (Lipinski definition) is 0. The third kappa shape index (κ3) is 4.47. The van der Waals surface area contributed by atoms with Gasteiger partial charge in [0.25, 0.3) is 0 Å². The van der Waals surface area contributed by atoms with Crippen LogP contribution in [0.5, 0.6) is 0 Å². The van der Waals surface area contributed by atoms with E-state index in [9.17, 15) is 0 Å². The van der Waals surface area contributed by atoms with E-state index in [-0.39, 0.29) is 0 Å². The minimum absolute atomic E-state index is 1.14. The van der Waals surface area contributed by atoms with Gasteiger partial charge in [0.05, 0.1) is 33.1 Å². The molecule has 0 unspecified atom stereocenters. The average molecular weight is 678 g/mol. The number of rotatable bonds is 4. The van der Waals surface area contributed by atoms with E-state index in [1.165, 1.54) is 87.7 Å². The van der Waals surface area contributed by atoms with E-state index >= 15 is 0 Å². The van der Waals surface area contributed by atoms with Gasteiger partial charge in [-0.1, -0.05) is 108 Å². The summed E-state index contributed by atoms with van der Waals surface area (Å²) in [5, 5.41) is 7.62. The van der Waals surface area contributed by atoms with Crippen molar-refractivity contribution in [3.63, 3.8) is 0 Å². The lowest BCUT2D eigenvalue weighted by Crippen LogP contribution is -2.00. The summed E-state index contributed by atoms with van der Waals surface area (Å²) in [5.41, 5.74) is 15.5. The van der Waals surface area contributed by atoms with Gasteiger partial charge in [0, 0.05) is 49.4 Å². The van der Waals surface area contributed by atoms with Crippen molar-refractivity contribution in [2.75, 3.05) is 0 Å². The van der Waals surface area contributed by atoms with Crippen LogP contribution in [0.2, 0.25) is 0 Å². The van der Waals surface area contributed by atoms with Crippen molar-refractivity contribution < 1.29 is 0 Å². The molecular formula is C50H35N3. The maximum atomic E-state index is 2.45. The van der Waals surface area contributed by atoms with E-state index in [0.29, 0.717) is 0 Å². The Balaban J connectivity index is 1.17. The molecule has 0 atom stereocenters. The van der Waals surface area contributed by atoms with Crippen LogP contribution in [-0.4, -0.2) is 13.7 Å². The zero-order chi connectivity index (χ0) is 35.2. The number of aryl methyl sites for hydroxylation is 2. The molecule has 3 heterocycles. The van der Waals surface area contributed by atoms with Crippen LogP contribution in [0.3, 0.4) is 0 Å². The van der Waals surface area contributed by atoms with Gasteiger partial charge in [0.15, 0.2) is 0 Å². The Bertz CT molecular complexity index is 3050. The van der Waals surface area contributed by atoms with Gasteiger partial charge in [0.2, 0.25) is 0 Å². The summed E-state index contributed by atoms with van der Waals surface area (Å²) in [6.07, 6.45) is 0. The number of benzene rings is 8. The number of nitrogens with zero attached hydrogens (tertiary/aromatic N) is 3. The van der Waals surface area contributed by atoms with Gasteiger partial charge < -0.3 is 13.7 Å². The third-order valence-electron chi connectivity index (χ3n) is 11.1. The number of fused-ring (bicyclic) bond motifs is 9. The predicted octanol–water partition coefficient (Wildman–Crippen LogP) is 13.3. The van der Waals surface area contributed by atoms with Crippen molar-refractivity contribution in [1.29, 1.82) is 0 Å². The summed E-state index contributed by atoms with van der Waals surface area (Å²) < 4.78 is 7.28. The molecule has 3 aromatic heterocycles. The summed E-state index contributed by atoms with van der Waals surface area (Å²) in [4.78, 5) is 0. The normalized spacial score (nSPS) is 12.0. The van der Waals surface area contributed by atoms with Crippen LogP contribution in [0.15, 0.2) is 176 Å². The van der Waals surface area contributed by atoms with Gasteiger partial charge >= 0.3 is 0 Å². The van der Waals surface area contributed by atoms with Crippen molar-refractivity contribution >= 4 is 65.4 Å². The molecular weight excluding hydrogens is 643 g/mol. The van der Waals surface area contributed by atoms with E-state index in [1.54, 1.807) is 0 Å². The Kier molecular flexibility index (Phi) is 6.38. The standard InChI is InChI=1S/C50H35N3/c1-32-19-25-49-43(27-32)41-13-5-9-17-47(41)52(49)37-29-35(30-38(31-37)53-48-18-10-6-14-42(48)44-28-33(2)20-26-50(44)53)34-21-23-36(24-22-34)51-45-15-7-3-11-39(45)40-12-4-8-16-46(40)51/h3-31H,1-2H3. The molecule has 0 aliphatic carbocycles. The molecule has 0 aliphatic heterocycles. The first kappa shape index (κ1) is 29.8. The average Bonchev–Trinajstić information content (AvgIpc) is 3.83. The smallest absolute Gasteiger partial charge is 0.0541 e. The van der Waals surface area contributed by atoms with E-state index in [1.807, 2.05) is 0 Å². The zero-order valence-corrected chi connectivity index (χ0v) is 29.6. The Labute approximate surface area is 307 Å². The SMILES string of the molecule is Cc1ccc2c(c1)c1ccccc1n2-c1cc(-c2ccc(-n3c4ccccc4c4ccccc43)cc2)cc(-n2c3ccccc3c3cc(C)ccc32)c1. The van der Waals surface area contributed by atoms with Crippen molar-refractivity contribution in [2.45, 2.75) is 13.8 Å². The molecule has 0 spiro atoms. The van der Waals surface area contributed by atoms with Gasteiger partial charge in [-0.3, -0.25) is 0 Å². The zero-order valence-electron chi connectivity index (χ0n) is 29.6. The second-order valence-electron chi connectivity index (χ2n) is 14.4. The van der Waals surface area contributed by atoms with Crippen LogP contribution in [0.4, 0.5) is 0 Å². The Morgan fingerprint density at radius 2 is 0.623 bits per heavy atom. The molecule has 3 nitrogen and oxygen atoms in total. The predicted molar refractivity (Wildman–Crippen MR) is 224 cm³/mol. The quantitative estimate of drug-likeness (QED) is 0.176. The lowest BCUT2D eigenvalue weighted by Gasteiger charge is -2.16. The van der Waals surface area contributed by atoms with Crippen LogP contribution in [0, 0.1) is 13.8 Å². The van der Waals surface area contributed by atoms with Crippen molar-refractivity contribution in [3.05, 3.63) is 187 Å². The molecule has 0 saturated heterocycles. The summed E-state index contributed by atoms with van der Waals surface area (Å²) >= 11 is 0. The Morgan fingerprint density at radius 1 is 0.264 bits per heavy atom. The summed E-state index contributed by atoms with van der Waals surface area (Å²) in [6.45, 7) is 4.36. The van der Waals surface area contributed by atoms with Gasteiger partial charge in [-0.2, -0.15) is 0 Å². The first-order valence-electron chi connectivity index (χ1n) is 18.4. The monoisotopic (exact) mass is 677 g/mol.